The van der Waals surface area contributed by atoms with Gasteiger partial charge >= 0.3 is 5.97 Å². The molecule has 24 heavy (non-hydrogen) atoms. The Morgan fingerprint density at radius 1 is 1.29 bits per heavy atom. The molecule has 2 N–H and O–H groups in total. The maximum absolute atomic E-state index is 11.6. The predicted molar refractivity (Wildman–Crippen MR) is 90.4 cm³/mol. The second-order valence-corrected chi connectivity index (χ2v) is 4.71. The van der Waals surface area contributed by atoms with Crippen LogP contribution in [0.2, 0.25) is 0 Å². The summed E-state index contributed by atoms with van der Waals surface area (Å²) in [4.78, 5) is 20.1. The highest BCUT2D eigenvalue weighted by molar-refractivity contribution is 5.93. The standard InChI is InChI=1S/C17H17N5O2/c1-3-24-17(23)13(10-18)11-19-15-9-16(21-12(2)20-15)22-14-7-5-4-6-8-14/h4-9,11H,3H2,1-2H3,(H2,19,20,21,22)/b13-11-. The van der Waals surface area contributed by atoms with Gasteiger partial charge in [-0.05, 0) is 26.0 Å². The average molecular weight is 323 g/mol. The Labute approximate surface area is 140 Å². The van der Waals surface area contributed by atoms with Gasteiger partial charge in [-0.3, -0.25) is 0 Å². The van der Waals surface area contributed by atoms with Crippen molar-refractivity contribution in [3.05, 3.63) is 54.0 Å². The second kappa shape index (κ2) is 8.29. The number of nitrogens with zero attached hydrogens (tertiary/aromatic N) is 3. The Hall–Kier alpha value is -3.40. The summed E-state index contributed by atoms with van der Waals surface area (Å²) in [5, 5.41) is 15.0. The molecule has 1 heterocycles. The van der Waals surface area contributed by atoms with Crippen LogP contribution in [-0.2, 0) is 9.53 Å². The molecule has 0 atom stereocenters. The fraction of sp³-hybridized carbons (Fsp3) is 0.176. The number of rotatable bonds is 6. The van der Waals surface area contributed by atoms with Gasteiger partial charge in [0.1, 0.15) is 23.5 Å². The minimum absolute atomic E-state index is 0.134. The first-order chi connectivity index (χ1) is 11.6. The first-order valence-electron chi connectivity index (χ1n) is 7.34. The van der Waals surface area contributed by atoms with Gasteiger partial charge < -0.3 is 15.4 Å². The molecule has 0 aliphatic rings. The molecule has 0 fully saturated rings. The molecule has 2 aromatic rings. The SMILES string of the molecule is CCOC(=O)/C(C#N)=C\Nc1cc(Nc2ccccc2)nc(C)n1. The lowest BCUT2D eigenvalue weighted by atomic mass is 10.3. The number of anilines is 3. The Morgan fingerprint density at radius 3 is 2.67 bits per heavy atom. The largest absolute Gasteiger partial charge is 0.462 e. The topological polar surface area (TPSA) is 99.9 Å². The molecule has 7 heteroatoms. The van der Waals surface area contributed by atoms with E-state index in [1.807, 2.05) is 30.3 Å². The third-order valence-electron chi connectivity index (χ3n) is 2.86. The van der Waals surface area contributed by atoms with E-state index in [9.17, 15) is 4.79 Å². The van der Waals surface area contributed by atoms with E-state index in [-0.39, 0.29) is 12.2 Å². The molecule has 0 radical (unpaired) electrons. The van der Waals surface area contributed by atoms with Crippen LogP contribution in [0.5, 0.6) is 0 Å². The summed E-state index contributed by atoms with van der Waals surface area (Å²) >= 11 is 0. The van der Waals surface area contributed by atoms with Gasteiger partial charge in [0.05, 0.1) is 6.61 Å². The van der Waals surface area contributed by atoms with Gasteiger partial charge in [-0.15, -0.1) is 0 Å². The van der Waals surface area contributed by atoms with Crippen molar-refractivity contribution >= 4 is 23.3 Å². The van der Waals surface area contributed by atoms with Crippen molar-refractivity contribution < 1.29 is 9.53 Å². The van der Waals surface area contributed by atoms with Crippen LogP contribution in [0.15, 0.2) is 48.2 Å². The van der Waals surface area contributed by atoms with Crippen LogP contribution in [0.4, 0.5) is 17.3 Å². The van der Waals surface area contributed by atoms with E-state index in [0.29, 0.717) is 17.5 Å². The normalized spacial score (nSPS) is 10.6. The number of hydrogen-bond donors (Lipinski definition) is 2. The van der Waals surface area contributed by atoms with E-state index in [1.165, 1.54) is 6.20 Å². The van der Waals surface area contributed by atoms with Crippen molar-refractivity contribution in [3.8, 4) is 6.07 Å². The van der Waals surface area contributed by atoms with E-state index in [2.05, 4.69) is 20.6 Å². The Balaban J connectivity index is 2.16. The third-order valence-corrected chi connectivity index (χ3v) is 2.86. The summed E-state index contributed by atoms with van der Waals surface area (Å²) in [6.45, 7) is 3.63. The molecule has 0 spiro atoms. The van der Waals surface area contributed by atoms with E-state index in [0.717, 1.165) is 5.69 Å². The maximum atomic E-state index is 11.6. The van der Waals surface area contributed by atoms with Crippen molar-refractivity contribution in [2.75, 3.05) is 17.2 Å². The number of nitriles is 1. The number of ether oxygens (including phenoxy) is 1. The number of aryl methyl sites for hydroxylation is 1. The summed E-state index contributed by atoms with van der Waals surface area (Å²) in [6, 6.07) is 13.1. The second-order valence-electron chi connectivity index (χ2n) is 4.71. The Kier molecular flexibility index (Phi) is 5.86. The van der Waals surface area contributed by atoms with Crippen LogP contribution in [0.3, 0.4) is 0 Å². The first-order valence-corrected chi connectivity index (χ1v) is 7.34. The summed E-state index contributed by atoms with van der Waals surface area (Å²) in [5.74, 6) is 0.916. The van der Waals surface area contributed by atoms with Crippen molar-refractivity contribution in [2.45, 2.75) is 13.8 Å². The van der Waals surface area contributed by atoms with Gasteiger partial charge in [-0.25, -0.2) is 14.8 Å². The molecule has 0 aliphatic heterocycles. The highest BCUT2D eigenvalue weighted by Crippen LogP contribution is 2.17. The van der Waals surface area contributed by atoms with E-state index in [1.54, 1.807) is 26.0 Å². The number of benzene rings is 1. The lowest BCUT2D eigenvalue weighted by Crippen LogP contribution is -2.08. The number of carbonyl (C=O) groups is 1. The van der Waals surface area contributed by atoms with Crippen molar-refractivity contribution in [1.82, 2.24) is 9.97 Å². The summed E-state index contributed by atoms with van der Waals surface area (Å²) in [7, 11) is 0. The zero-order valence-corrected chi connectivity index (χ0v) is 13.4. The molecular weight excluding hydrogens is 306 g/mol. The molecule has 0 saturated carbocycles. The molecule has 2 rings (SSSR count). The van der Waals surface area contributed by atoms with Crippen molar-refractivity contribution in [1.29, 1.82) is 5.26 Å². The number of esters is 1. The van der Waals surface area contributed by atoms with Gasteiger partial charge in [0.25, 0.3) is 0 Å². The number of para-hydroxylation sites is 1. The van der Waals surface area contributed by atoms with Crippen LogP contribution in [0.1, 0.15) is 12.7 Å². The molecule has 1 aromatic heterocycles. The van der Waals surface area contributed by atoms with Gasteiger partial charge in [0.2, 0.25) is 0 Å². The number of aromatic nitrogens is 2. The van der Waals surface area contributed by atoms with E-state index >= 15 is 0 Å². The first kappa shape index (κ1) is 17.0. The van der Waals surface area contributed by atoms with Crippen LogP contribution in [0.25, 0.3) is 0 Å². The van der Waals surface area contributed by atoms with Gasteiger partial charge in [-0.1, -0.05) is 18.2 Å². The van der Waals surface area contributed by atoms with Crippen molar-refractivity contribution in [3.63, 3.8) is 0 Å². The Bertz CT molecular complexity index is 781. The molecule has 0 bridgehead atoms. The fourth-order valence-corrected chi connectivity index (χ4v) is 1.87. The minimum atomic E-state index is -0.680. The van der Waals surface area contributed by atoms with Crippen LogP contribution < -0.4 is 10.6 Å². The highest BCUT2D eigenvalue weighted by Gasteiger charge is 2.09. The van der Waals surface area contributed by atoms with E-state index in [4.69, 9.17) is 10.00 Å². The lowest BCUT2D eigenvalue weighted by Gasteiger charge is -2.08. The number of nitrogens with one attached hydrogen (secondary N) is 2. The molecule has 7 nitrogen and oxygen atoms in total. The summed E-state index contributed by atoms with van der Waals surface area (Å²) < 4.78 is 4.79. The monoisotopic (exact) mass is 323 g/mol. The van der Waals surface area contributed by atoms with Crippen LogP contribution in [0, 0.1) is 18.3 Å². The zero-order chi connectivity index (χ0) is 17.4. The highest BCUT2D eigenvalue weighted by atomic mass is 16.5. The van der Waals surface area contributed by atoms with Crippen LogP contribution >= 0.6 is 0 Å². The van der Waals surface area contributed by atoms with Crippen molar-refractivity contribution in [2.24, 2.45) is 0 Å². The van der Waals surface area contributed by atoms with Gasteiger partial charge in [0.15, 0.2) is 5.57 Å². The van der Waals surface area contributed by atoms with Gasteiger partial charge in [-0.2, -0.15) is 5.26 Å². The molecule has 1 aromatic carbocycles. The zero-order valence-electron chi connectivity index (χ0n) is 13.4. The smallest absolute Gasteiger partial charge is 0.350 e. The molecule has 0 aliphatic carbocycles. The lowest BCUT2D eigenvalue weighted by molar-refractivity contribution is -0.138. The summed E-state index contributed by atoms with van der Waals surface area (Å²) in [6.07, 6.45) is 1.27. The molecule has 0 unspecified atom stereocenters. The molecule has 0 saturated heterocycles. The Morgan fingerprint density at radius 2 is 2.00 bits per heavy atom. The van der Waals surface area contributed by atoms with Gasteiger partial charge in [0, 0.05) is 18.0 Å². The quantitative estimate of drug-likeness (QED) is 0.479. The molecule has 0 amide bonds. The third kappa shape index (κ3) is 4.81. The average Bonchev–Trinajstić information content (AvgIpc) is 2.56. The predicted octanol–water partition coefficient (Wildman–Crippen LogP) is 2.91. The van der Waals surface area contributed by atoms with E-state index < -0.39 is 5.97 Å². The number of hydrogen-bond acceptors (Lipinski definition) is 7. The fourth-order valence-electron chi connectivity index (χ4n) is 1.87. The number of carbonyl (C=O) groups excluding carboxylic acids is 1. The summed E-state index contributed by atoms with van der Waals surface area (Å²) in [5.41, 5.74) is 0.756. The van der Waals surface area contributed by atoms with Crippen LogP contribution in [-0.4, -0.2) is 22.5 Å². The maximum Gasteiger partial charge on any atom is 0.350 e. The molecular formula is C17H17N5O2. The molecule has 122 valence electrons. The minimum Gasteiger partial charge on any atom is -0.462 e.